The lowest BCUT2D eigenvalue weighted by Gasteiger charge is -2.26. The van der Waals surface area contributed by atoms with Gasteiger partial charge in [-0.1, -0.05) is 33.6 Å². The Morgan fingerprint density at radius 2 is 1.92 bits per heavy atom. The Morgan fingerprint density at radius 3 is 2.71 bits per heavy atom. The van der Waals surface area contributed by atoms with Crippen LogP contribution in [0.3, 0.4) is 0 Å². The van der Waals surface area contributed by atoms with Crippen LogP contribution in [-0.2, 0) is 0 Å². The minimum absolute atomic E-state index is 0.144. The van der Waals surface area contributed by atoms with Gasteiger partial charge in [0.2, 0.25) is 5.89 Å². The Balaban J connectivity index is 1.62. The highest BCUT2D eigenvalue weighted by Crippen LogP contribution is 2.29. The molecule has 0 saturated heterocycles. The maximum Gasteiger partial charge on any atom is 0.255 e. The Kier molecular flexibility index (Phi) is 3.61. The first-order chi connectivity index (χ1) is 11.6. The highest BCUT2D eigenvalue weighted by atomic mass is 79.9. The van der Waals surface area contributed by atoms with Crippen molar-refractivity contribution in [1.82, 2.24) is 10.3 Å². The fourth-order valence-corrected chi connectivity index (χ4v) is 2.99. The van der Waals surface area contributed by atoms with Crippen molar-refractivity contribution in [3.05, 3.63) is 70.0 Å². The topological polar surface area (TPSA) is 67.2 Å². The summed E-state index contributed by atoms with van der Waals surface area (Å²) in [4.78, 5) is 16.8. The van der Waals surface area contributed by atoms with E-state index in [2.05, 4.69) is 31.5 Å². The van der Waals surface area contributed by atoms with E-state index in [1.54, 1.807) is 12.3 Å². The number of benzene rings is 2. The van der Waals surface area contributed by atoms with Crippen LogP contribution in [0.5, 0.6) is 0 Å². The van der Waals surface area contributed by atoms with E-state index in [1.165, 1.54) is 5.56 Å². The van der Waals surface area contributed by atoms with Crippen molar-refractivity contribution in [2.75, 3.05) is 5.32 Å². The summed E-state index contributed by atoms with van der Waals surface area (Å²) >= 11 is 3.38. The summed E-state index contributed by atoms with van der Waals surface area (Å²) in [6.07, 6.45) is 1.14. The molecule has 24 heavy (non-hydrogen) atoms. The van der Waals surface area contributed by atoms with Gasteiger partial charge in [-0.3, -0.25) is 4.79 Å². The number of halogens is 1. The molecule has 1 aliphatic rings. The van der Waals surface area contributed by atoms with Gasteiger partial charge in [-0.05, 0) is 37.3 Å². The number of nitrogens with zero attached hydrogens (tertiary/aromatic N) is 1. The van der Waals surface area contributed by atoms with Crippen molar-refractivity contribution in [3.63, 3.8) is 0 Å². The number of hydrogen-bond donors (Lipinski definition) is 2. The normalized spacial score (nSPS) is 16.2. The number of amides is 1. The number of nitrogens with one attached hydrogen (secondary N) is 2. The van der Waals surface area contributed by atoms with Crippen LogP contribution in [0.4, 0.5) is 5.69 Å². The van der Waals surface area contributed by atoms with Crippen LogP contribution in [0.15, 0.2) is 57.6 Å². The number of aromatic nitrogens is 1. The van der Waals surface area contributed by atoms with Crippen LogP contribution in [0, 0.1) is 6.92 Å². The van der Waals surface area contributed by atoms with E-state index in [1.807, 2.05) is 43.3 Å². The molecule has 1 amide bonds. The molecule has 2 heterocycles. The zero-order valence-corrected chi connectivity index (χ0v) is 14.4. The highest BCUT2D eigenvalue weighted by molar-refractivity contribution is 9.10. The molecule has 1 aliphatic heterocycles. The minimum atomic E-state index is -0.422. The molecule has 1 atom stereocenters. The number of carbonyl (C=O) groups excluding carboxylic acids is 1. The molecular weight excluding hydrogens is 370 g/mol. The fourth-order valence-electron chi connectivity index (χ4n) is 2.63. The first-order valence-electron chi connectivity index (χ1n) is 7.49. The van der Waals surface area contributed by atoms with Crippen LogP contribution in [0.25, 0.3) is 11.5 Å². The summed E-state index contributed by atoms with van der Waals surface area (Å²) in [5.74, 6) is 0.387. The van der Waals surface area contributed by atoms with Gasteiger partial charge in [0.15, 0.2) is 0 Å². The molecule has 5 nitrogen and oxygen atoms in total. The second-order valence-electron chi connectivity index (χ2n) is 5.68. The molecule has 6 heteroatoms. The van der Waals surface area contributed by atoms with E-state index in [0.29, 0.717) is 17.1 Å². The summed E-state index contributed by atoms with van der Waals surface area (Å²) in [5.41, 5.74) is 4.08. The minimum Gasteiger partial charge on any atom is -0.444 e. The van der Waals surface area contributed by atoms with E-state index < -0.39 is 6.17 Å². The molecule has 2 N–H and O–H groups in total. The van der Waals surface area contributed by atoms with Gasteiger partial charge in [0.05, 0.1) is 5.56 Å². The summed E-state index contributed by atoms with van der Waals surface area (Å²) in [6, 6.07) is 13.5. The maximum absolute atomic E-state index is 12.3. The SMILES string of the molecule is Cc1ccc(-c2nc(C3NC(=O)c4cc(Br)ccc4N3)co2)cc1. The lowest BCUT2D eigenvalue weighted by Crippen LogP contribution is -2.38. The third-order valence-electron chi connectivity index (χ3n) is 3.92. The smallest absolute Gasteiger partial charge is 0.255 e. The summed E-state index contributed by atoms with van der Waals surface area (Å²) < 4.78 is 6.44. The number of hydrogen-bond acceptors (Lipinski definition) is 4. The molecule has 4 rings (SSSR count). The average molecular weight is 384 g/mol. The Morgan fingerprint density at radius 1 is 1.12 bits per heavy atom. The molecule has 0 fully saturated rings. The molecule has 0 aliphatic carbocycles. The van der Waals surface area contributed by atoms with Crippen LogP contribution >= 0.6 is 15.9 Å². The van der Waals surface area contributed by atoms with E-state index in [9.17, 15) is 4.79 Å². The van der Waals surface area contributed by atoms with Gasteiger partial charge < -0.3 is 15.1 Å². The van der Waals surface area contributed by atoms with E-state index in [4.69, 9.17) is 4.42 Å². The van der Waals surface area contributed by atoms with Crippen molar-refractivity contribution in [3.8, 4) is 11.5 Å². The van der Waals surface area contributed by atoms with Gasteiger partial charge in [-0.25, -0.2) is 4.98 Å². The van der Waals surface area contributed by atoms with Gasteiger partial charge in [-0.15, -0.1) is 0 Å². The average Bonchev–Trinajstić information content (AvgIpc) is 3.06. The van der Waals surface area contributed by atoms with Gasteiger partial charge in [0, 0.05) is 15.7 Å². The number of carbonyl (C=O) groups is 1. The lowest BCUT2D eigenvalue weighted by atomic mass is 10.1. The third kappa shape index (κ3) is 2.69. The number of anilines is 1. The van der Waals surface area contributed by atoms with Crippen molar-refractivity contribution in [2.24, 2.45) is 0 Å². The van der Waals surface area contributed by atoms with Crippen LogP contribution < -0.4 is 10.6 Å². The maximum atomic E-state index is 12.3. The van der Waals surface area contributed by atoms with Crippen molar-refractivity contribution in [1.29, 1.82) is 0 Å². The molecule has 3 aromatic rings. The van der Waals surface area contributed by atoms with Gasteiger partial charge in [0.25, 0.3) is 5.91 Å². The molecule has 0 saturated carbocycles. The summed E-state index contributed by atoms with van der Waals surface area (Å²) in [6.45, 7) is 2.03. The largest absolute Gasteiger partial charge is 0.444 e. The zero-order valence-electron chi connectivity index (χ0n) is 12.8. The van der Waals surface area contributed by atoms with Crippen LogP contribution in [-0.4, -0.2) is 10.9 Å². The monoisotopic (exact) mass is 383 g/mol. The van der Waals surface area contributed by atoms with Crippen LogP contribution in [0.1, 0.15) is 27.8 Å². The predicted octanol–water partition coefficient (Wildman–Crippen LogP) is 4.27. The predicted molar refractivity (Wildman–Crippen MR) is 94.6 cm³/mol. The van der Waals surface area contributed by atoms with E-state index in [0.717, 1.165) is 15.7 Å². The molecule has 120 valence electrons. The van der Waals surface area contributed by atoms with E-state index in [-0.39, 0.29) is 5.91 Å². The van der Waals surface area contributed by atoms with Crippen molar-refractivity contribution < 1.29 is 9.21 Å². The molecular formula is C18H14BrN3O2. The standard InChI is InChI=1S/C18H14BrN3O2/c1-10-2-4-11(5-3-10)18-21-15(9-24-18)16-20-14-7-6-12(19)8-13(14)17(23)22-16/h2-9,16,20H,1H3,(H,22,23). The summed E-state index contributed by atoms with van der Waals surface area (Å²) in [5, 5.41) is 6.17. The van der Waals surface area contributed by atoms with Crippen molar-refractivity contribution >= 4 is 27.5 Å². The molecule has 0 bridgehead atoms. The summed E-state index contributed by atoms with van der Waals surface area (Å²) in [7, 11) is 0. The Hall–Kier alpha value is -2.60. The Labute approximate surface area is 147 Å². The quantitative estimate of drug-likeness (QED) is 0.693. The molecule has 1 unspecified atom stereocenters. The number of aryl methyl sites for hydroxylation is 1. The number of fused-ring (bicyclic) bond motifs is 1. The zero-order chi connectivity index (χ0) is 16.7. The Bertz CT molecular complexity index is 918. The first kappa shape index (κ1) is 15.0. The molecule has 1 aromatic heterocycles. The second-order valence-corrected chi connectivity index (χ2v) is 6.60. The van der Waals surface area contributed by atoms with Crippen molar-refractivity contribution in [2.45, 2.75) is 13.1 Å². The number of oxazole rings is 1. The molecule has 2 aromatic carbocycles. The fraction of sp³-hybridized carbons (Fsp3) is 0.111. The molecule has 0 radical (unpaired) electrons. The van der Waals surface area contributed by atoms with E-state index >= 15 is 0 Å². The third-order valence-corrected chi connectivity index (χ3v) is 4.41. The van der Waals surface area contributed by atoms with Gasteiger partial charge in [0.1, 0.15) is 18.1 Å². The lowest BCUT2D eigenvalue weighted by molar-refractivity contribution is 0.0935. The van der Waals surface area contributed by atoms with Gasteiger partial charge in [-0.2, -0.15) is 0 Å². The highest BCUT2D eigenvalue weighted by Gasteiger charge is 2.27. The molecule has 0 spiro atoms. The van der Waals surface area contributed by atoms with Crippen LogP contribution in [0.2, 0.25) is 0 Å². The van der Waals surface area contributed by atoms with Gasteiger partial charge >= 0.3 is 0 Å². The second kappa shape index (κ2) is 5.79. The first-order valence-corrected chi connectivity index (χ1v) is 8.29. The number of rotatable bonds is 2.